The number of hydrogen-bond donors (Lipinski definition) is 0. The van der Waals surface area contributed by atoms with Crippen molar-refractivity contribution in [2.45, 2.75) is 12.8 Å². The van der Waals surface area contributed by atoms with Gasteiger partial charge >= 0.3 is 5.97 Å². The number of ether oxygens (including phenoxy) is 1. The largest absolute Gasteiger partial charge is 0.462 e. The van der Waals surface area contributed by atoms with E-state index in [1.807, 2.05) is 30.3 Å². The second-order valence-corrected chi connectivity index (χ2v) is 4.78. The Labute approximate surface area is 112 Å². The molecule has 1 aliphatic carbocycles. The van der Waals surface area contributed by atoms with E-state index in [-0.39, 0.29) is 5.97 Å². The maximum absolute atomic E-state index is 11.3. The van der Waals surface area contributed by atoms with Gasteiger partial charge in [-0.2, -0.15) is 0 Å². The van der Waals surface area contributed by atoms with Crippen molar-refractivity contribution in [1.29, 1.82) is 0 Å². The first kappa shape index (κ1) is 12.9. The molecule has 2 nitrogen and oxygen atoms in total. The molecule has 1 aromatic rings. The molecule has 0 radical (unpaired) electrons. The Morgan fingerprint density at radius 3 is 2.94 bits per heavy atom. The molecule has 0 spiro atoms. The number of carbonyl (C=O) groups is 1. The molecule has 1 saturated carbocycles. The highest BCUT2D eigenvalue weighted by Gasteiger charge is 2.22. The van der Waals surface area contributed by atoms with Gasteiger partial charge in [-0.3, -0.25) is 0 Å². The van der Waals surface area contributed by atoms with Crippen LogP contribution in [0.1, 0.15) is 18.4 Å². The van der Waals surface area contributed by atoms with Crippen LogP contribution in [-0.4, -0.2) is 12.6 Å². The lowest BCUT2D eigenvalue weighted by Gasteiger charge is -1.97. The predicted octanol–water partition coefficient (Wildman–Crippen LogP) is 3.86. The van der Waals surface area contributed by atoms with E-state index in [1.165, 1.54) is 18.9 Å². The molecule has 0 amide bonds. The summed E-state index contributed by atoms with van der Waals surface area (Å²) in [7, 11) is 0. The second kappa shape index (κ2) is 6.41. The summed E-state index contributed by atoms with van der Waals surface area (Å²) in [5.74, 6) is 0.321. The van der Waals surface area contributed by atoms with Crippen LogP contribution in [0.2, 0.25) is 5.02 Å². The summed E-state index contributed by atoms with van der Waals surface area (Å²) < 4.78 is 5.06. The van der Waals surface area contributed by atoms with Gasteiger partial charge < -0.3 is 4.74 Å². The van der Waals surface area contributed by atoms with E-state index in [2.05, 4.69) is 0 Å². The zero-order chi connectivity index (χ0) is 12.8. The summed E-state index contributed by atoms with van der Waals surface area (Å²) >= 11 is 5.86. The second-order valence-electron chi connectivity index (χ2n) is 4.35. The van der Waals surface area contributed by atoms with Crippen molar-refractivity contribution in [3.63, 3.8) is 0 Å². The van der Waals surface area contributed by atoms with E-state index < -0.39 is 0 Å². The third-order valence-corrected chi connectivity index (χ3v) is 2.87. The highest BCUT2D eigenvalue weighted by molar-refractivity contribution is 6.30. The molecule has 2 rings (SSSR count). The van der Waals surface area contributed by atoms with Crippen LogP contribution in [0.5, 0.6) is 0 Å². The lowest BCUT2D eigenvalue weighted by Crippen LogP contribution is -2.03. The Morgan fingerprint density at radius 1 is 1.39 bits per heavy atom. The van der Waals surface area contributed by atoms with Gasteiger partial charge in [0.25, 0.3) is 0 Å². The molecule has 0 aromatic heterocycles. The molecule has 3 heteroatoms. The third kappa shape index (κ3) is 4.76. The minimum absolute atomic E-state index is 0.280. The molecule has 0 aliphatic heterocycles. The molecule has 1 fully saturated rings. The zero-order valence-corrected chi connectivity index (χ0v) is 10.8. The highest BCUT2D eigenvalue weighted by atomic mass is 35.5. The minimum Gasteiger partial charge on any atom is -0.462 e. The fourth-order valence-corrected chi connectivity index (χ4v) is 1.64. The smallest absolute Gasteiger partial charge is 0.330 e. The van der Waals surface area contributed by atoms with Crippen molar-refractivity contribution in [2.24, 2.45) is 5.92 Å². The molecule has 0 saturated heterocycles. The van der Waals surface area contributed by atoms with Gasteiger partial charge in [0.2, 0.25) is 0 Å². The molecule has 1 aromatic carbocycles. The Hall–Kier alpha value is -1.54. The van der Waals surface area contributed by atoms with Crippen LogP contribution in [0.25, 0.3) is 6.08 Å². The van der Waals surface area contributed by atoms with Crippen molar-refractivity contribution < 1.29 is 9.53 Å². The normalized spacial score (nSPS) is 15.4. The monoisotopic (exact) mass is 262 g/mol. The van der Waals surface area contributed by atoms with Crippen molar-refractivity contribution in [2.75, 3.05) is 6.61 Å². The zero-order valence-electron chi connectivity index (χ0n) is 10.0. The van der Waals surface area contributed by atoms with E-state index in [0.29, 0.717) is 17.5 Å². The first-order chi connectivity index (χ1) is 8.74. The minimum atomic E-state index is -0.280. The molecule has 18 heavy (non-hydrogen) atoms. The van der Waals surface area contributed by atoms with Gasteiger partial charge in [-0.05, 0) is 36.5 Å². The fraction of sp³-hybridized carbons (Fsp3) is 0.267. The summed E-state index contributed by atoms with van der Waals surface area (Å²) in [6.07, 6.45) is 9.16. The predicted molar refractivity (Wildman–Crippen MR) is 73.3 cm³/mol. The first-order valence-electron chi connectivity index (χ1n) is 6.01. The summed E-state index contributed by atoms with van der Waals surface area (Å²) in [6, 6.07) is 7.51. The average molecular weight is 263 g/mol. The summed E-state index contributed by atoms with van der Waals surface area (Å²) in [4.78, 5) is 11.3. The molecule has 0 heterocycles. The number of rotatable bonds is 5. The van der Waals surface area contributed by atoms with Gasteiger partial charge in [-0.1, -0.05) is 42.0 Å². The fourth-order valence-electron chi connectivity index (χ4n) is 1.44. The van der Waals surface area contributed by atoms with Gasteiger partial charge in [-0.25, -0.2) is 4.79 Å². The lowest BCUT2D eigenvalue weighted by atomic mass is 10.2. The Bertz CT molecular complexity index is 473. The summed E-state index contributed by atoms with van der Waals surface area (Å²) in [5.41, 5.74) is 0.999. The van der Waals surface area contributed by atoms with Crippen molar-refractivity contribution in [3.05, 3.63) is 53.1 Å². The summed E-state index contributed by atoms with van der Waals surface area (Å²) in [6.45, 7) is 0.557. The maximum Gasteiger partial charge on any atom is 0.330 e. The quantitative estimate of drug-likeness (QED) is 0.458. The Kier molecular flexibility index (Phi) is 4.59. The molecule has 0 atom stereocenters. The van der Waals surface area contributed by atoms with Gasteiger partial charge in [0.1, 0.15) is 0 Å². The topological polar surface area (TPSA) is 26.3 Å². The first-order valence-corrected chi connectivity index (χ1v) is 6.39. The van der Waals surface area contributed by atoms with Crippen LogP contribution in [0.4, 0.5) is 0 Å². The molecule has 0 unspecified atom stereocenters. The SMILES string of the molecule is O=C(C=CC=Cc1cccc(Cl)c1)OCC1CC1. The average Bonchev–Trinajstić information content (AvgIpc) is 3.16. The molecule has 94 valence electrons. The van der Waals surface area contributed by atoms with Crippen molar-refractivity contribution in [3.8, 4) is 0 Å². The van der Waals surface area contributed by atoms with Crippen LogP contribution in [0.3, 0.4) is 0 Å². The number of benzene rings is 1. The van der Waals surface area contributed by atoms with E-state index in [0.717, 1.165) is 5.56 Å². The maximum atomic E-state index is 11.3. The van der Waals surface area contributed by atoms with Crippen molar-refractivity contribution >= 4 is 23.6 Å². The molecular weight excluding hydrogens is 248 g/mol. The number of carbonyl (C=O) groups excluding carboxylic acids is 1. The lowest BCUT2D eigenvalue weighted by molar-refractivity contribution is -0.138. The van der Waals surface area contributed by atoms with E-state index in [9.17, 15) is 4.79 Å². The number of esters is 1. The third-order valence-electron chi connectivity index (χ3n) is 2.64. The van der Waals surface area contributed by atoms with E-state index >= 15 is 0 Å². The van der Waals surface area contributed by atoms with Gasteiger partial charge in [0.05, 0.1) is 6.61 Å². The Balaban J connectivity index is 1.76. The van der Waals surface area contributed by atoms with Crippen LogP contribution < -0.4 is 0 Å². The molecule has 0 N–H and O–H groups in total. The number of hydrogen-bond acceptors (Lipinski definition) is 2. The van der Waals surface area contributed by atoms with Gasteiger partial charge in [0.15, 0.2) is 0 Å². The number of halogens is 1. The van der Waals surface area contributed by atoms with Gasteiger partial charge in [0, 0.05) is 11.1 Å². The van der Waals surface area contributed by atoms with Gasteiger partial charge in [-0.15, -0.1) is 0 Å². The van der Waals surface area contributed by atoms with Crippen LogP contribution in [0, 0.1) is 5.92 Å². The van der Waals surface area contributed by atoms with Crippen molar-refractivity contribution in [1.82, 2.24) is 0 Å². The van der Waals surface area contributed by atoms with Crippen LogP contribution in [-0.2, 0) is 9.53 Å². The Morgan fingerprint density at radius 2 is 2.22 bits per heavy atom. The highest BCUT2D eigenvalue weighted by Crippen LogP contribution is 2.28. The van der Waals surface area contributed by atoms with E-state index in [1.54, 1.807) is 12.2 Å². The molecule has 0 bridgehead atoms. The summed E-state index contributed by atoms with van der Waals surface area (Å²) in [5, 5.41) is 0.699. The molecule has 1 aliphatic rings. The molecular formula is C15H15ClO2. The van der Waals surface area contributed by atoms with Crippen LogP contribution in [0.15, 0.2) is 42.5 Å². The standard InChI is InChI=1S/C15H15ClO2/c16-14-6-3-5-12(10-14)4-1-2-7-15(17)18-11-13-8-9-13/h1-7,10,13H,8-9,11H2. The van der Waals surface area contributed by atoms with Crippen LogP contribution >= 0.6 is 11.6 Å². The van der Waals surface area contributed by atoms with E-state index in [4.69, 9.17) is 16.3 Å². The number of allylic oxidation sites excluding steroid dienone is 2.